The third-order valence-electron chi connectivity index (χ3n) is 5.10. The topological polar surface area (TPSA) is 83.5 Å². The van der Waals surface area contributed by atoms with Crippen molar-refractivity contribution in [1.29, 1.82) is 0 Å². The Kier molecular flexibility index (Phi) is 5.66. The molecule has 0 bridgehead atoms. The molecule has 0 spiro atoms. The highest BCUT2D eigenvalue weighted by atomic mass is 32.2. The fraction of sp³-hybridized carbons (Fsp3) is 0.526. The molecule has 1 atom stereocenters. The van der Waals surface area contributed by atoms with Crippen molar-refractivity contribution in [3.8, 4) is 0 Å². The minimum Gasteiger partial charge on any atom is -0.381 e. The van der Waals surface area contributed by atoms with Crippen LogP contribution in [0, 0.1) is 5.82 Å². The van der Waals surface area contributed by atoms with Gasteiger partial charge in [-0.25, -0.2) is 4.39 Å². The number of fused-ring (bicyclic) bond motifs is 1. The number of anilines is 1. The Bertz CT molecular complexity index is 997. The SMILES string of the molecule is CS(=O)(=O)OCC[C@@H]1CSC(c2cc3cc(F)cc(NC4CCCC4)c3[nH]2)=N1. The zero-order chi connectivity index (χ0) is 19.7. The van der Waals surface area contributed by atoms with Gasteiger partial charge in [0.1, 0.15) is 10.9 Å². The zero-order valence-corrected chi connectivity index (χ0v) is 17.3. The van der Waals surface area contributed by atoms with Crippen LogP contribution in [0.15, 0.2) is 23.2 Å². The molecule has 0 radical (unpaired) electrons. The van der Waals surface area contributed by atoms with Gasteiger partial charge in [0, 0.05) is 17.2 Å². The summed E-state index contributed by atoms with van der Waals surface area (Å²) < 4.78 is 41.0. The van der Waals surface area contributed by atoms with Crippen LogP contribution in [0.1, 0.15) is 37.8 Å². The van der Waals surface area contributed by atoms with Gasteiger partial charge in [-0.2, -0.15) is 8.42 Å². The maximum Gasteiger partial charge on any atom is 0.264 e. The summed E-state index contributed by atoms with van der Waals surface area (Å²) in [6.07, 6.45) is 6.25. The predicted molar refractivity (Wildman–Crippen MR) is 112 cm³/mol. The zero-order valence-electron chi connectivity index (χ0n) is 15.7. The van der Waals surface area contributed by atoms with Gasteiger partial charge in [0.05, 0.1) is 35.8 Å². The number of halogens is 1. The van der Waals surface area contributed by atoms with E-state index in [2.05, 4.69) is 15.3 Å². The maximum absolute atomic E-state index is 14.1. The van der Waals surface area contributed by atoms with E-state index in [0.717, 1.165) is 52.2 Å². The molecule has 0 amide bonds. The fourth-order valence-corrected chi connectivity index (χ4v) is 5.25. The van der Waals surface area contributed by atoms with Crippen LogP contribution in [0.2, 0.25) is 0 Å². The molecule has 2 aromatic rings. The average Bonchev–Trinajstić information content (AvgIpc) is 3.33. The van der Waals surface area contributed by atoms with Gasteiger partial charge < -0.3 is 10.3 Å². The molecule has 1 aromatic carbocycles. The molecule has 9 heteroatoms. The van der Waals surface area contributed by atoms with Crippen LogP contribution in [0.3, 0.4) is 0 Å². The first kappa shape index (κ1) is 19.7. The molecular weight excluding hydrogens is 401 g/mol. The molecule has 1 aromatic heterocycles. The van der Waals surface area contributed by atoms with E-state index in [-0.39, 0.29) is 18.5 Å². The molecule has 0 unspecified atom stereocenters. The minimum absolute atomic E-state index is 0.0148. The van der Waals surface area contributed by atoms with Gasteiger partial charge in [-0.1, -0.05) is 12.8 Å². The second kappa shape index (κ2) is 8.04. The molecule has 28 heavy (non-hydrogen) atoms. The number of hydrogen-bond acceptors (Lipinski definition) is 6. The van der Waals surface area contributed by atoms with Gasteiger partial charge in [0.25, 0.3) is 10.1 Å². The normalized spacial score (nSPS) is 20.8. The lowest BCUT2D eigenvalue weighted by atomic mass is 10.2. The summed E-state index contributed by atoms with van der Waals surface area (Å²) in [5.41, 5.74) is 2.57. The molecule has 2 aliphatic rings. The molecule has 1 saturated carbocycles. The number of nitrogens with one attached hydrogen (secondary N) is 2. The molecule has 1 fully saturated rings. The van der Waals surface area contributed by atoms with Gasteiger partial charge in [-0.05, 0) is 37.5 Å². The van der Waals surface area contributed by atoms with Crippen molar-refractivity contribution < 1.29 is 17.0 Å². The second-order valence-electron chi connectivity index (χ2n) is 7.44. The summed E-state index contributed by atoms with van der Waals surface area (Å²) in [5.74, 6) is 0.523. The van der Waals surface area contributed by atoms with Crippen molar-refractivity contribution in [2.45, 2.75) is 44.2 Å². The number of thioether (sulfide) groups is 1. The molecule has 2 heterocycles. The van der Waals surface area contributed by atoms with Crippen molar-refractivity contribution in [2.24, 2.45) is 4.99 Å². The number of nitrogens with zero attached hydrogens (tertiary/aromatic N) is 1. The Morgan fingerprint density at radius 1 is 1.32 bits per heavy atom. The summed E-state index contributed by atoms with van der Waals surface area (Å²) >= 11 is 1.62. The van der Waals surface area contributed by atoms with Crippen LogP contribution in [-0.2, 0) is 14.3 Å². The monoisotopic (exact) mass is 425 g/mol. The molecule has 152 valence electrons. The Balaban J connectivity index is 1.52. The summed E-state index contributed by atoms with van der Waals surface area (Å²) in [5, 5.41) is 5.18. The van der Waals surface area contributed by atoms with Crippen LogP contribution in [0.4, 0.5) is 10.1 Å². The smallest absolute Gasteiger partial charge is 0.264 e. The van der Waals surface area contributed by atoms with Crippen LogP contribution in [-0.4, -0.2) is 49.1 Å². The van der Waals surface area contributed by atoms with Crippen LogP contribution in [0.25, 0.3) is 10.9 Å². The summed E-state index contributed by atoms with van der Waals surface area (Å²) in [6.45, 7) is 0.133. The quantitative estimate of drug-likeness (QED) is 0.658. The van der Waals surface area contributed by atoms with Crippen LogP contribution >= 0.6 is 11.8 Å². The highest BCUT2D eigenvalue weighted by Crippen LogP contribution is 2.32. The van der Waals surface area contributed by atoms with Crippen molar-refractivity contribution >= 4 is 43.5 Å². The number of aromatic amines is 1. The first-order valence-electron chi connectivity index (χ1n) is 9.51. The minimum atomic E-state index is -3.42. The van der Waals surface area contributed by atoms with E-state index in [0.29, 0.717) is 12.5 Å². The third-order valence-corrected chi connectivity index (χ3v) is 6.84. The highest BCUT2D eigenvalue weighted by molar-refractivity contribution is 8.14. The van der Waals surface area contributed by atoms with Gasteiger partial charge in [-0.3, -0.25) is 9.18 Å². The van der Waals surface area contributed by atoms with E-state index in [9.17, 15) is 12.8 Å². The van der Waals surface area contributed by atoms with E-state index < -0.39 is 10.1 Å². The van der Waals surface area contributed by atoms with E-state index in [1.807, 2.05) is 6.07 Å². The molecular formula is C19H24FN3O3S2. The summed E-state index contributed by atoms with van der Waals surface area (Å²) in [7, 11) is -3.42. The highest BCUT2D eigenvalue weighted by Gasteiger charge is 2.22. The van der Waals surface area contributed by atoms with Gasteiger partial charge in [0.15, 0.2) is 0 Å². The van der Waals surface area contributed by atoms with Gasteiger partial charge >= 0.3 is 0 Å². The lowest BCUT2D eigenvalue weighted by molar-refractivity contribution is 0.308. The fourth-order valence-electron chi connectivity index (χ4n) is 3.77. The number of H-pyrrole nitrogens is 1. The lowest BCUT2D eigenvalue weighted by Gasteiger charge is -2.14. The first-order chi connectivity index (χ1) is 13.4. The van der Waals surface area contributed by atoms with E-state index >= 15 is 0 Å². The van der Waals surface area contributed by atoms with Gasteiger partial charge in [0.2, 0.25) is 0 Å². The Morgan fingerprint density at radius 3 is 2.86 bits per heavy atom. The number of rotatable bonds is 7. The Hall–Kier alpha value is -1.58. The van der Waals surface area contributed by atoms with Crippen molar-refractivity contribution in [2.75, 3.05) is 23.9 Å². The second-order valence-corrected chi connectivity index (χ2v) is 10.1. The number of aromatic nitrogens is 1. The van der Waals surface area contributed by atoms with E-state index in [1.165, 1.54) is 18.9 Å². The van der Waals surface area contributed by atoms with Crippen LogP contribution in [0.5, 0.6) is 0 Å². The Labute approximate surface area is 168 Å². The number of benzene rings is 1. The predicted octanol–water partition coefficient (Wildman–Crippen LogP) is 3.89. The molecule has 0 saturated heterocycles. The first-order valence-corrected chi connectivity index (χ1v) is 12.3. The van der Waals surface area contributed by atoms with E-state index in [1.54, 1.807) is 17.8 Å². The molecule has 2 N–H and O–H groups in total. The van der Waals surface area contributed by atoms with Crippen molar-refractivity contribution in [3.63, 3.8) is 0 Å². The largest absolute Gasteiger partial charge is 0.381 e. The van der Waals surface area contributed by atoms with Crippen molar-refractivity contribution in [3.05, 3.63) is 29.7 Å². The maximum atomic E-state index is 14.1. The van der Waals surface area contributed by atoms with Gasteiger partial charge in [-0.15, -0.1) is 11.8 Å². The lowest BCUT2D eigenvalue weighted by Crippen LogP contribution is -2.14. The molecule has 1 aliphatic carbocycles. The molecule has 4 rings (SSSR count). The standard InChI is InChI=1S/C19H24FN3O3S2/c1-28(24,25)26-7-6-15-11-27-19(22-15)17-9-12-8-13(20)10-16(18(12)23-17)21-14-4-2-3-5-14/h8-10,14-15,21,23H,2-7,11H2,1H3/t15-/m1/s1. The third kappa shape index (κ3) is 4.69. The Morgan fingerprint density at radius 2 is 2.11 bits per heavy atom. The van der Waals surface area contributed by atoms with Crippen LogP contribution < -0.4 is 5.32 Å². The summed E-state index contributed by atoms with van der Waals surface area (Å²) in [4.78, 5) is 8.09. The number of hydrogen-bond donors (Lipinski definition) is 2. The number of aliphatic imine (C=N–C) groups is 1. The van der Waals surface area contributed by atoms with Crippen molar-refractivity contribution in [1.82, 2.24) is 4.98 Å². The van der Waals surface area contributed by atoms with E-state index in [4.69, 9.17) is 4.18 Å². The average molecular weight is 426 g/mol. The molecule has 6 nitrogen and oxygen atoms in total. The summed E-state index contributed by atoms with van der Waals surface area (Å²) in [6, 6.07) is 5.43. The molecule has 1 aliphatic heterocycles.